The van der Waals surface area contributed by atoms with E-state index in [1.165, 1.54) is 64.2 Å². The zero-order valence-corrected chi connectivity index (χ0v) is 22.1. The van der Waals surface area contributed by atoms with Crippen molar-refractivity contribution in [2.75, 3.05) is 51.6 Å². The Kier molecular flexibility index (Phi) is 22.0. The summed E-state index contributed by atoms with van der Waals surface area (Å²) in [5.74, 6) is -0.414. The van der Waals surface area contributed by atoms with Gasteiger partial charge in [-0.2, -0.15) is 8.42 Å². The molecular weight excluding hydrogens is 442 g/mol. The van der Waals surface area contributed by atoms with Gasteiger partial charge in [-0.15, -0.1) is 0 Å². The van der Waals surface area contributed by atoms with Crippen LogP contribution in [0.25, 0.3) is 0 Å². The molecule has 0 heterocycles. The predicted octanol–water partition coefficient (Wildman–Crippen LogP) is 2.80. The molecule has 0 bridgehead atoms. The van der Waals surface area contributed by atoms with Crippen molar-refractivity contribution in [3.8, 4) is 0 Å². The Morgan fingerprint density at radius 2 is 1.09 bits per heavy atom. The Morgan fingerprint density at radius 3 is 1.48 bits per heavy atom. The highest BCUT2D eigenvalue weighted by Crippen LogP contribution is 2.05. The second-order valence-corrected chi connectivity index (χ2v) is 10.9. The van der Waals surface area contributed by atoms with E-state index in [4.69, 9.17) is 4.55 Å². The molecule has 33 heavy (non-hydrogen) atoms. The van der Waals surface area contributed by atoms with E-state index in [0.29, 0.717) is 13.1 Å². The highest BCUT2D eigenvalue weighted by Gasteiger charge is 2.18. The van der Waals surface area contributed by atoms with E-state index in [-0.39, 0.29) is 19.6 Å². The minimum Gasteiger partial charge on any atom is -0.390 e. The fourth-order valence-corrected chi connectivity index (χ4v) is 4.31. The number of hydrogen-bond donors (Lipinski definition) is 5. The Labute approximate surface area is 203 Å². The molecule has 0 aromatic carbocycles. The van der Waals surface area contributed by atoms with Crippen molar-refractivity contribution in [3.05, 3.63) is 0 Å². The van der Waals surface area contributed by atoms with Crippen molar-refractivity contribution in [2.45, 2.75) is 103 Å². The Bertz CT molecular complexity index is 494. The first-order valence-corrected chi connectivity index (χ1v) is 14.8. The second kappa shape index (κ2) is 22.2. The highest BCUT2D eigenvalue weighted by atomic mass is 32.2. The summed E-state index contributed by atoms with van der Waals surface area (Å²) in [6, 6.07) is 0. The zero-order chi connectivity index (χ0) is 24.8. The van der Waals surface area contributed by atoms with Crippen molar-refractivity contribution in [1.29, 1.82) is 0 Å². The van der Waals surface area contributed by atoms with Crippen LogP contribution in [-0.2, 0) is 10.1 Å². The molecule has 0 saturated carbocycles. The summed E-state index contributed by atoms with van der Waals surface area (Å²) in [7, 11) is -4.10. The number of aliphatic hydroxyl groups excluding tert-OH is 2. The first-order valence-electron chi connectivity index (χ1n) is 13.2. The maximum absolute atomic E-state index is 11.2. The second-order valence-electron chi connectivity index (χ2n) is 9.30. The number of unbranched alkanes of at least 4 members (excludes halogenated alkanes) is 10. The van der Waals surface area contributed by atoms with Gasteiger partial charge >= 0.3 is 0 Å². The first-order chi connectivity index (χ1) is 15.8. The van der Waals surface area contributed by atoms with Gasteiger partial charge in [0.15, 0.2) is 0 Å². The van der Waals surface area contributed by atoms with Crippen molar-refractivity contribution < 1.29 is 23.2 Å². The van der Waals surface area contributed by atoms with Crippen molar-refractivity contribution in [2.24, 2.45) is 0 Å². The van der Waals surface area contributed by atoms with Gasteiger partial charge in [0, 0.05) is 32.7 Å². The molecule has 0 aliphatic heterocycles. The Balaban J connectivity index is 4.15. The fraction of sp³-hybridized carbons (Fsp3) is 1.00. The van der Waals surface area contributed by atoms with Gasteiger partial charge in [0.2, 0.25) is 0 Å². The molecule has 2 unspecified atom stereocenters. The lowest BCUT2D eigenvalue weighted by Gasteiger charge is -2.27. The average molecular weight is 496 g/mol. The van der Waals surface area contributed by atoms with E-state index in [1.807, 2.05) is 0 Å². The summed E-state index contributed by atoms with van der Waals surface area (Å²) in [6.07, 6.45) is 13.3. The molecule has 8 nitrogen and oxygen atoms in total. The van der Waals surface area contributed by atoms with Crippen LogP contribution in [0.1, 0.15) is 90.9 Å². The van der Waals surface area contributed by atoms with Crippen molar-refractivity contribution in [1.82, 2.24) is 15.5 Å². The smallest absolute Gasteiger partial charge is 0.266 e. The lowest BCUT2D eigenvalue weighted by Crippen LogP contribution is -2.45. The summed E-state index contributed by atoms with van der Waals surface area (Å²) in [6.45, 7) is 7.50. The van der Waals surface area contributed by atoms with E-state index in [2.05, 4.69) is 24.5 Å². The Morgan fingerprint density at radius 1 is 0.697 bits per heavy atom. The zero-order valence-electron chi connectivity index (χ0n) is 21.3. The highest BCUT2D eigenvalue weighted by molar-refractivity contribution is 7.85. The average Bonchev–Trinajstić information content (AvgIpc) is 2.75. The molecule has 0 spiro atoms. The Hall–Kier alpha value is -0.290. The van der Waals surface area contributed by atoms with Crippen LogP contribution < -0.4 is 10.6 Å². The molecular formula is C24H53N3O5S. The van der Waals surface area contributed by atoms with Gasteiger partial charge in [0.1, 0.15) is 0 Å². The minimum absolute atomic E-state index is 0.0712. The van der Waals surface area contributed by atoms with Crippen LogP contribution >= 0.6 is 0 Å². The third-order valence-corrected chi connectivity index (χ3v) is 6.48. The SMILES string of the molecule is CCCCCCCCNCC(O)CN(CCS(=O)(=O)O)CC(O)CNCCCCCCCC. The molecule has 0 aliphatic rings. The van der Waals surface area contributed by atoms with Gasteiger partial charge < -0.3 is 20.8 Å². The summed E-state index contributed by atoms with van der Waals surface area (Å²) in [4.78, 5) is 1.71. The maximum Gasteiger partial charge on any atom is 0.266 e. The summed E-state index contributed by atoms with van der Waals surface area (Å²) in [5, 5.41) is 27.2. The van der Waals surface area contributed by atoms with Crippen LogP contribution in [0.5, 0.6) is 0 Å². The standard InChI is InChI=1S/C24H53N3O5S/c1-3-5-7-9-11-13-15-25-19-23(28)21-27(17-18-33(30,31)32)22-24(29)20-26-16-14-12-10-8-6-4-2/h23-26,28-29H,3-22H2,1-2H3,(H,30,31,32). The van der Waals surface area contributed by atoms with Gasteiger partial charge in [-0.25, -0.2) is 0 Å². The predicted molar refractivity (Wildman–Crippen MR) is 137 cm³/mol. The monoisotopic (exact) mass is 495 g/mol. The summed E-state index contributed by atoms with van der Waals surface area (Å²) in [5.41, 5.74) is 0. The van der Waals surface area contributed by atoms with Gasteiger partial charge in [-0.05, 0) is 25.9 Å². The quantitative estimate of drug-likeness (QED) is 0.0968. The third-order valence-electron chi connectivity index (χ3n) is 5.78. The van der Waals surface area contributed by atoms with Gasteiger partial charge in [-0.1, -0.05) is 78.1 Å². The van der Waals surface area contributed by atoms with Crippen LogP contribution in [0.2, 0.25) is 0 Å². The molecule has 0 aromatic heterocycles. The van der Waals surface area contributed by atoms with Crippen molar-refractivity contribution >= 4 is 10.1 Å². The molecule has 0 saturated heterocycles. The molecule has 2 atom stereocenters. The molecule has 0 aliphatic carbocycles. The summed E-state index contributed by atoms with van der Waals surface area (Å²) < 4.78 is 31.4. The lowest BCUT2D eigenvalue weighted by atomic mass is 10.1. The molecule has 5 N–H and O–H groups in total. The largest absolute Gasteiger partial charge is 0.390 e. The van der Waals surface area contributed by atoms with E-state index in [9.17, 15) is 18.6 Å². The fourth-order valence-electron chi connectivity index (χ4n) is 3.82. The minimum atomic E-state index is -4.10. The number of rotatable bonds is 25. The maximum atomic E-state index is 11.2. The van der Waals surface area contributed by atoms with Crippen molar-refractivity contribution in [3.63, 3.8) is 0 Å². The molecule has 200 valence electrons. The van der Waals surface area contributed by atoms with Gasteiger partial charge in [0.05, 0.1) is 18.0 Å². The van der Waals surface area contributed by atoms with E-state index < -0.39 is 28.1 Å². The first kappa shape index (κ1) is 32.7. The molecule has 0 radical (unpaired) electrons. The number of nitrogens with zero attached hydrogens (tertiary/aromatic N) is 1. The number of nitrogens with one attached hydrogen (secondary N) is 2. The topological polar surface area (TPSA) is 122 Å². The third kappa shape index (κ3) is 24.6. The van der Waals surface area contributed by atoms with E-state index >= 15 is 0 Å². The molecule has 0 amide bonds. The van der Waals surface area contributed by atoms with Gasteiger partial charge in [0.25, 0.3) is 10.1 Å². The molecule has 0 fully saturated rings. The molecule has 0 rings (SSSR count). The molecule has 0 aromatic rings. The normalized spacial score (nSPS) is 14.1. The number of aliphatic hydroxyl groups is 2. The van der Waals surface area contributed by atoms with Crippen LogP contribution in [0.15, 0.2) is 0 Å². The van der Waals surface area contributed by atoms with Crippen LogP contribution in [0.3, 0.4) is 0 Å². The van der Waals surface area contributed by atoms with E-state index in [0.717, 1.165) is 25.9 Å². The lowest BCUT2D eigenvalue weighted by molar-refractivity contribution is 0.0720. The van der Waals surface area contributed by atoms with Crippen LogP contribution in [-0.4, -0.2) is 91.9 Å². The summed E-state index contributed by atoms with van der Waals surface area (Å²) >= 11 is 0. The van der Waals surface area contributed by atoms with Gasteiger partial charge in [-0.3, -0.25) is 9.45 Å². The number of hydrogen-bond acceptors (Lipinski definition) is 7. The molecule has 9 heteroatoms. The van der Waals surface area contributed by atoms with Crippen LogP contribution in [0.4, 0.5) is 0 Å². The van der Waals surface area contributed by atoms with Crippen LogP contribution in [0, 0.1) is 0 Å². The van der Waals surface area contributed by atoms with E-state index in [1.54, 1.807) is 4.90 Å².